The maximum Gasteiger partial charge on any atom is 0.0659 e. The summed E-state index contributed by atoms with van der Waals surface area (Å²) in [4.78, 5) is 0. The second-order valence-electron chi connectivity index (χ2n) is 12.6. The van der Waals surface area contributed by atoms with Crippen molar-refractivity contribution in [2.75, 3.05) is 28.7 Å². The number of rotatable bonds is 22. The van der Waals surface area contributed by atoms with Crippen molar-refractivity contribution in [2.24, 2.45) is 10.8 Å². The monoisotopic (exact) mass is 722 g/mol. The van der Waals surface area contributed by atoms with Crippen molar-refractivity contribution < 1.29 is 14.2 Å². The average Bonchev–Trinajstić information content (AvgIpc) is 2.79. The Morgan fingerprint density at radius 2 is 1.06 bits per heavy atom. The highest BCUT2D eigenvalue weighted by molar-refractivity contribution is 14.1. The quantitative estimate of drug-likeness (QED) is 0.0823. The maximum atomic E-state index is 6.73. The van der Waals surface area contributed by atoms with E-state index in [-0.39, 0.29) is 22.2 Å². The van der Waals surface area contributed by atoms with Crippen molar-refractivity contribution >= 4 is 45.2 Å². The van der Waals surface area contributed by atoms with Crippen LogP contribution in [0.3, 0.4) is 0 Å². The van der Waals surface area contributed by atoms with Gasteiger partial charge in [-0.25, -0.2) is 0 Å². The van der Waals surface area contributed by atoms with E-state index in [1.165, 1.54) is 23.7 Å². The highest BCUT2D eigenvalue weighted by Gasteiger charge is 2.34. The fourth-order valence-corrected chi connectivity index (χ4v) is 6.82. The van der Waals surface area contributed by atoms with Crippen molar-refractivity contribution in [2.45, 2.75) is 150 Å². The molecule has 0 amide bonds. The van der Waals surface area contributed by atoms with Crippen LogP contribution in [0.4, 0.5) is 0 Å². The first kappa shape index (κ1) is 36.3. The van der Waals surface area contributed by atoms with Crippen LogP contribution >= 0.6 is 45.2 Å². The molecule has 2 unspecified atom stereocenters. The SMILES string of the molecule is CCC(CC)(COC(C)(C)CCOC(C)(CC)CCI)COC(C)(CC)CCCC(C)(C)CCI. The summed E-state index contributed by atoms with van der Waals surface area (Å²) in [5.41, 5.74) is 0.224. The van der Waals surface area contributed by atoms with E-state index in [9.17, 15) is 0 Å². The maximum absolute atomic E-state index is 6.73. The van der Waals surface area contributed by atoms with Crippen molar-refractivity contribution in [1.29, 1.82) is 0 Å². The van der Waals surface area contributed by atoms with E-state index in [0.717, 1.165) is 69.2 Å². The van der Waals surface area contributed by atoms with Crippen molar-refractivity contribution in [3.05, 3.63) is 0 Å². The van der Waals surface area contributed by atoms with Crippen LogP contribution in [0.15, 0.2) is 0 Å². The molecule has 0 saturated carbocycles. The molecule has 5 heteroatoms. The summed E-state index contributed by atoms with van der Waals surface area (Å²) in [6, 6.07) is 0. The number of hydrogen-bond acceptors (Lipinski definition) is 3. The van der Waals surface area contributed by atoms with E-state index in [0.29, 0.717) is 5.41 Å². The highest BCUT2D eigenvalue weighted by atomic mass is 127. The molecule has 0 aliphatic heterocycles. The van der Waals surface area contributed by atoms with Gasteiger partial charge in [0, 0.05) is 14.3 Å². The lowest BCUT2D eigenvalue weighted by Gasteiger charge is -2.39. The normalized spacial score (nSPS) is 16.8. The van der Waals surface area contributed by atoms with Crippen LogP contribution in [-0.2, 0) is 14.2 Å². The predicted molar refractivity (Wildman–Crippen MR) is 172 cm³/mol. The molecule has 0 radical (unpaired) electrons. The molecule has 0 heterocycles. The van der Waals surface area contributed by atoms with E-state index in [1.807, 2.05) is 0 Å². The molecule has 0 fully saturated rings. The second-order valence-corrected chi connectivity index (χ2v) is 14.8. The van der Waals surface area contributed by atoms with E-state index in [4.69, 9.17) is 14.2 Å². The molecule has 212 valence electrons. The molecule has 0 aromatic heterocycles. The van der Waals surface area contributed by atoms with Gasteiger partial charge in [-0.1, -0.05) is 93.1 Å². The lowest BCUT2D eigenvalue weighted by Crippen LogP contribution is -2.41. The van der Waals surface area contributed by atoms with Gasteiger partial charge in [0.1, 0.15) is 0 Å². The molecule has 0 spiro atoms. The van der Waals surface area contributed by atoms with E-state index < -0.39 is 0 Å². The second kappa shape index (κ2) is 17.1. The van der Waals surface area contributed by atoms with Crippen LogP contribution in [0.1, 0.15) is 133 Å². The Kier molecular flexibility index (Phi) is 17.8. The molecule has 0 aliphatic rings. The van der Waals surface area contributed by atoms with E-state index in [1.54, 1.807) is 0 Å². The third-order valence-electron chi connectivity index (χ3n) is 8.60. The minimum Gasteiger partial charge on any atom is -0.375 e. The van der Waals surface area contributed by atoms with E-state index >= 15 is 0 Å². The number of halogens is 2. The zero-order chi connectivity index (χ0) is 27.2. The van der Waals surface area contributed by atoms with Crippen LogP contribution in [0.2, 0.25) is 0 Å². The van der Waals surface area contributed by atoms with Gasteiger partial charge in [0.25, 0.3) is 0 Å². The van der Waals surface area contributed by atoms with Crippen LogP contribution in [-0.4, -0.2) is 45.5 Å². The molecular weight excluding hydrogens is 662 g/mol. The van der Waals surface area contributed by atoms with Crippen molar-refractivity contribution in [1.82, 2.24) is 0 Å². The summed E-state index contributed by atoms with van der Waals surface area (Å²) in [7, 11) is 0. The first-order valence-corrected chi connectivity index (χ1v) is 17.3. The van der Waals surface area contributed by atoms with Gasteiger partial charge in [0.05, 0.1) is 36.6 Å². The van der Waals surface area contributed by atoms with Gasteiger partial charge in [0.15, 0.2) is 0 Å². The molecule has 2 atom stereocenters. The molecule has 0 aromatic rings. The predicted octanol–water partition coefficient (Wildman–Crippen LogP) is 10.2. The van der Waals surface area contributed by atoms with Crippen molar-refractivity contribution in [3.8, 4) is 0 Å². The Bertz CT molecular complexity index is 548. The smallest absolute Gasteiger partial charge is 0.0659 e. The largest absolute Gasteiger partial charge is 0.375 e. The van der Waals surface area contributed by atoms with Gasteiger partial charge in [-0.05, 0) is 90.9 Å². The van der Waals surface area contributed by atoms with Crippen molar-refractivity contribution in [3.63, 3.8) is 0 Å². The highest BCUT2D eigenvalue weighted by Crippen LogP contribution is 2.35. The van der Waals surface area contributed by atoms with E-state index in [2.05, 4.69) is 114 Å². The Morgan fingerprint density at radius 1 is 0.543 bits per heavy atom. The fourth-order valence-electron chi connectivity index (χ4n) is 4.21. The number of ether oxygens (including phenoxy) is 3. The Hall–Kier alpha value is 1.34. The molecular formula is C30H60I2O3. The third kappa shape index (κ3) is 14.9. The third-order valence-corrected chi connectivity index (χ3v) is 9.68. The Morgan fingerprint density at radius 3 is 1.54 bits per heavy atom. The van der Waals surface area contributed by atoms with Crippen LogP contribution in [0.5, 0.6) is 0 Å². The first-order valence-electron chi connectivity index (χ1n) is 14.2. The minimum atomic E-state index is -0.202. The van der Waals surface area contributed by atoms with Gasteiger partial charge >= 0.3 is 0 Å². The zero-order valence-electron chi connectivity index (χ0n) is 25.1. The molecule has 0 N–H and O–H groups in total. The lowest BCUT2D eigenvalue weighted by atomic mass is 9.81. The lowest BCUT2D eigenvalue weighted by molar-refractivity contribution is -0.136. The Labute approximate surface area is 247 Å². The minimum absolute atomic E-state index is 0.0162. The number of hydrogen-bond donors (Lipinski definition) is 0. The zero-order valence-corrected chi connectivity index (χ0v) is 29.4. The summed E-state index contributed by atoms with van der Waals surface area (Å²) >= 11 is 4.95. The van der Waals surface area contributed by atoms with Crippen LogP contribution in [0, 0.1) is 10.8 Å². The molecule has 0 aromatic carbocycles. The summed E-state index contributed by atoms with van der Waals surface area (Å²) in [6.07, 6.45) is 11.2. The van der Waals surface area contributed by atoms with Gasteiger partial charge in [-0.15, -0.1) is 0 Å². The molecule has 0 bridgehead atoms. The molecule has 0 aliphatic carbocycles. The van der Waals surface area contributed by atoms with Gasteiger partial charge < -0.3 is 14.2 Å². The average molecular weight is 723 g/mol. The standard InChI is InChI=1S/C30H60I2O3/c1-11-28(9,17-15-16-26(5,6)18-21-31)35-25-30(13-3,14-4)24-34-27(7,8)20-23-33-29(10,12-2)19-22-32/h11-25H2,1-10H3. The summed E-state index contributed by atoms with van der Waals surface area (Å²) in [5.74, 6) is 0. The first-order chi connectivity index (χ1) is 16.2. The van der Waals surface area contributed by atoms with Crippen LogP contribution < -0.4 is 0 Å². The Balaban J connectivity index is 4.91. The number of alkyl halides is 2. The molecule has 0 rings (SSSR count). The topological polar surface area (TPSA) is 27.7 Å². The van der Waals surface area contributed by atoms with Gasteiger partial charge in [-0.3, -0.25) is 0 Å². The molecule has 35 heavy (non-hydrogen) atoms. The van der Waals surface area contributed by atoms with Gasteiger partial charge in [0.2, 0.25) is 0 Å². The summed E-state index contributed by atoms with van der Waals surface area (Å²) in [5, 5.41) is 0. The van der Waals surface area contributed by atoms with Crippen LogP contribution in [0.25, 0.3) is 0 Å². The van der Waals surface area contributed by atoms with Gasteiger partial charge in [-0.2, -0.15) is 0 Å². The molecule has 3 nitrogen and oxygen atoms in total. The fraction of sp³-hybridized carbons (Fsp3) is 1.00. The summed E-state index contributed by atoms with van der Waals surface area (Å²) in [6.45, 7) is 25.1. The summed E-state index contributed by atoms with van der Waals surface area (Å²) < 4.78 is 22.0. The molecule has 0 saturated heterocycles.